The normalized spacial score (nSPS) is 19.9. The highest BCUT2D eigenvalue weighted by Gasteiger charge is 2.26. The van der Waals surface area contributed by atoms with Crippen molar-refractivity contribution < 1.29 is 8.42 Å². The lowest BCUT2D eigenvalue weighted by Crippen LogP contribution is -2.50. The minimum absolute atomic E-state index is 0.288. The van der Waals surface area contributed by atoms with Crippen molar-refractivity contribution in [2.75, 3.05) is 26.2 Å². The van der Waals surface area contributed by atoms with E-state index in [-0.39, 0.29) is 6.04 Å². The molecule has 1 aromatic rings. The van der Waals surface area contributed by atoms with Crippen molar-refractivity contribution in [3.63, 3.8) is 0 Å². The van der Waals surface area contributed by atoms with E-state index in [1.54, 1.807) is 0 Å². The quantitative estimate of drug-likeness (QED) is 0.834. The Labute approximate surface area is 112 Å². The molecule has 1 atom stereocenters. The van der Waals surface area contributed by atoms with Crippen molar-refractivity contribution in [2.24, 2.45) is 0 Å². The Morgan fingerprint density at radius 2 is 2.17 bits per heavy atom. The van der Waals surface area contributed by atoms with Crippen LogP contribution in [0.15, 0.2) is 5.38 Å². The topological polar surface area (TPSA) is 74.3 Å². The van der Waals surface area contributed by atoms with E-state index >= 15 is 0 Å². The van der Waals surface area contributed by atoms with Gasteiger partial charge in [-0.25, -0.2) is 4.98 Å². The number of hydrogen-bond donors (Lipinski definition) is 2. The first-order valence-electron chi connectivity index (χ1n) is 5.89. The molecular formula is C10H18N4O2S2. The third kappa shape index (κ3) is 3.27. The smallest absolute Gasteiger partial charge is 0.280 e. The van der Waals surface area contributed by atoms with E-state index in [1.807, 2.05) is 19.2 Å². The van der Waals surface area contributed by atoms with Gasteiger partial charge >= 0.3 is 0 Å². The zero-order chi connectivity index (χ0) is 13.2. The van der Waals surface area contributed by atoms with Crippen LogP contribution in [0.3, 0.4) is 0 Å². The summed E-state index contributed by atoms with van der Waals surface area (Å²) in [7, 11) is -3.41. The molecule has 1 unspecified atom stereocenters. The maximum absolute atomic E-state index is 12.1. The molecule has 0 radical (unpaired) electrons. The summed E-state index contributed by atoms with van der Waals surface area (Å²) < 4.78 is 28.4. The minimum Gasteiger partial charge on any atom is -0.314 e. The molecule has 0 amide bonds. The second-order valence-corrected chi connectivity index (χ2v) is 6.91. The molecule has 6 nitrogen and oxygen atoms in total. The molecule has 18 heavy (non-hydrogen) atoms. The van der Waals surface area contributed by atoms with Crippen LogP contribution in [-0.4, -0.2) is 43.9 Å². The summed E-state index contributed by atoms with van der Waals surface area (Å²) >= 11 is 1.48. The highest BCUT2D eigenvalue weighted by atomic mass is 32.2. The van der Waals surface area contributed by atoms with Gasteiger partial charge in [0.2, 0.25) is 0 Å². The molecule has 1 fully saturated rings. The largest absolute Gasteiger partial charge is 0.314 e. The molecule has 0 aliphatic carbocycles. The van der Waals surface area contributed by atoms with Crippen molar-refractivity contribution in [3.8, 4) is 0 Å². The van der Waals surface area contributed by atoms with E-state index in [4.69, 9.17) is 0 Å². The van der Waals surface area contributed by atoms with Crippen molar-refractivity contribution in [3.05, 3.63) is 16.1 Å². The molecular weight excluding hydrogens is 272 g/mol. The number of thiazole rings is 1. The van der Waals surface area contributed by atoms with Gasteiger partial charge < -0.3 is 5.32 Å². The maximum atomic E-state index is 12.1. The summed E-state index contributed by atoms with van der Waals surface area (Å²) in [4.78, 5) is 4.30. The molecule has 0 aromatic carbocycles. The van der Waals surface area contributed by atoms with Gasteiger partial charge in [-0.1, -0.05) is 0 Å². The lowest BCUT2D eigenvalue weighted by atomic mass is 10.4. The highest BCUT2D eigenvalue weighted by Crippen LogP contribution is 2.18. The third-order valence-electron chi connectivity index (χ3n) is 2.75. The molecule has 2 heterocycles. The summed E-state index contributed by atoms with van der Waals surface area (Å²) in [6.45, 7) is 6.14. The van der Waals surface area contributed by atoms with Gasteiger partial charge in [0.1, 0.15) is 5.01 Å². The molecule has 1 aliphatic heterocycles. The van der Waals surface area contributed by atoms with E-state index in [9.17, 15) is 8.42 Å². The number of piperazine rings is 1. The van der Waals surface area contributed by atoms with Crippen LogP contribution >= 0.6 is 11.3 Å². The van der Waals surface area contributed by atoms with Gasteiger partial charge in [0.15, 0.2) is 0 Å². The number of aromatic nitrogens is 1. The summed E-state index contributed by atoms with van der Waals surface area (Å²) in [5, 5.41) is 5.85. The number of nitrogens with one attached hydrogen (secondary N) is 2. The molecule has 0 bridgehead atoms. The molecule has 0 saturated carbocycles. The molecule has 8 heteroatoms. The van der Waals surface area contributed by atoms with Crippen LogP contribution in [0.1, 0.15) is 23.7 Å². The summed E-state index contributed by atoms with van der Waals surface area (Å²) in [6.07, 6.45) is 0. The molecule has 1 aliphatic rings. The van der Waals surface area contributed by atoms with Gasteiger partial charge in [0.05, 0.1) is 6.04 Å². The predicted octanol–water partition coefficient (Wildman–Crippen LogP) is 0.252. The number of hydrogen-bond acceptors (Lipinski definition) is 5. The number of nitrogens with zero attached hydrogens (tertiary/aromatic N) is 2. The first-order valence-corrected chi connectivity index (χ1v) is 8.21. The minimum atomic E-state index is -3.41. The van der Waals surface area contributed by atoms with E-state index in [1.165, 1.54) is 15.6 Å². The van der Waals surface area contributed by atoms with Crippen LogP contribution in [0.4, 0.5) is 0 Å². The fourth-order valence-electron chi connectivity index (χ4n) is 1.80. The van der Waals surface area contributed by atoms with Crippen LogP contribution in [0.25, 0.3) is 0 Å². The van der Waals surface area contributed by atoms with Crippen molar-refractivity contribution in [1.82, 2.24) is 19.3 Å². The Kier molecular flexibility index (Phi) is 4.33. The van der Waals surface area contributed by atoms with Crippen LogP contribution in [0.2, 0.25) is 0 Å². The summed E-state index contributed by atoms with van der Waals surface area (Å²) in [6, 6.07) is -0.288. The molecule has 1 saturated heterocycles. The van der Waals surface area contributed by atoms with Gasteiger partial charge in [-0.15, -0.1) is 11.3 Å². The van der Waals surface area contributed by atoms with Crippen LogP contribution < -0.4 is 10.0 Å². The van der Waals surface area contributed by atoms with E-state index in [2.05, 4.69) is 15.0 Å². The summed E-state index contributed by atoms with van der Waals surface area (Å²) in [5.41, 5.74) is 0.920. The van der Waals surface area contributed by atoms with Crippen molar-refractivity contribution in [2.45, 2.75) is 19.9 Å². The Morgan fingerprint density at radius 3 is 2.72 bits per heavy atom. The number of rotatable bonds is 4. The second-order valence-electron chi connectivity index (χ2n) is 4.32. The Balaban J connectivity index is 2.03. The average molecular weight is 290 g/mol. The van der Waals surface area contributed by atoms with Crippen LogP contribution in [-0.2, 0) is 10.2 Å². The molecule has 0 spiro atoms. The Hall–Kier alpha value is -0.540. The molecule has 2 N–H and O–H groups in total. The zero-order valence-electron chi connectivity index (χ0n) is 10.5. The zero-order valence-corrected chi connectivity index (χ0v) is 12.1. The average Bonchev–Trinajstić information content (AvgIpc) is 2.77. The molecule has 1 aromatic heterocycles. The van der Waals surface area contributed by atoms with Gasteiger partial charge in [-0.3, -0.25) is 0 Å². The molecule has 2 rings (SSSR count). The van der Waals surface area contributed by atoms with Gasteiger partial charge in [0, 0.05) is 37.3 Å². The van der Waals surface area contributed by atoms with E-state index in [0.717, 1.165) is 10.7 Å². The van der Waals surface area contributed by atoms with E-state index < -0.39 is 10.2 Å². The fraction of sp³-hybridized carbons (Fsp3) is 0.700. The molecule has 102 valence electrons. The van der Waals surface area contributed by atoms with Crippen LogP contribution in [0.5, 0.6) is 0 Å². The lowest BCUT2D eigenvalue weighted by Gasteiger charge is -2.27. The highest BCUT2D eigenvalue weighted by molar-refractivity contribution is 7.87. The Bertz CT molecular complexity index is 494. The van der Waals surface area contributed by atoms with Crippen LogP contribution in [0, 0.1) is 6.92 Å². The second kappa shape index (κ2) is 5.62. The first kappa shape index (κ1) is 13.9. The lowest BCUT2D eigenvalue weighted by molar-refractivity contribution is 0.352. The third-order valence-corrected chi connectivity index (χ3v) is 5.59. The van der Waals surface area contributed by atoms with Crippen molar-refractivity contribution >= 4 is 21.5 Å². The first-order chi connectivity index (χ1) is 8.49. The predicted molar refractivity (Wildman–Crippen MR) is 71.8 cm³/mol. The number of aryl methyl sites for hydroxylation is 1. The van der Waals surface area contributed by atoms with E-state index in [0.29, 0.717) is 26.2 Å². The monoisotopic (exact) mass is 290 g/mol. The van der Waals surface area contributed by atoms with Gasteiger partial charge in [-0.2, -0.15) is 17.4 Å². The fourth-order valence-corrected chi connectivity index (χ4v) is 4.05. The standard InChI is InChI=1S/C10H18N4O2S2/c1-8-7-17-10(12-8)9(2)13-18(15,16)14-5-3-11-4-6-14/h7,9,11,13H,3-6H2,1-2H3. The maximum Gasteiger partial charge on any atom is 0.280 e. The van der Waals surface area contributed by atoms with Crippen molar-refractivity contribution in [1.29, 1.82) is 0 Å². The SMILES string of the molecule is Cc1csc(C(C)NS(=O)(=O)N2CCNCC2)n1. The van der Waals surface area contributed by atoms with Gasteiger partial charge in [0.25, 0.3) is 10.2 Å². The Morgan fingerprint density at radius 1 is 1.50 bits per heavy atom. The van der Waals surface area contributed by atoms with Gasteiger partial charge in [-0.05, 0) is 13.8 Å². The summed E-state index contributed by atoms with van der Waals surface area (Å²) in [5.74, 6) is 0.